The summed E-state index contributed by atoms with van der Waals surface area (Å²) in [6.45, 7) is 0.0794. The smallest absolute Gasteiger partial charge is 0.284 e. The standard InChI is InChI=1S/C20H15N3O6/c24-20(19-12-27-17-6-1-2-7-18(17)29-19)22-21-11-15-8-9-16(28-15)13-4-3-5-14(10-13)23(25)26/h1-11,19H,12H2,(H,22,24)/b21-11-. The van der Waals surface area contributed by atoms with Crippen molar-refractivity contribution in [1.29, 1.82) is 0 Å². The SMILES string of the molecule is O=C(N/N=C\c1ccc(-c2cccc([N+](=O)[O-])c2)o1)C1COc2ccccc2O1. The number of ether oxygens (including phenoxy) is 2. The third-order valence-electron chi connectivity index (χ3n) is 4.14. The van der Waals surface area contributed by atoms with Gasteiger partial charge in [-0.25, -0.2) is 5.43 Å². The van der Waals surface area contributed by atoms with E-state index in [9.17, 15) is 14.9 Å². The first-order valence-electron chi connectivity index (χ1n) is 8.66. The zero-order chi connectivity index (χ0) is 20.2. The number of rotatable bonds is 5. The second-order valence-corrected chi connectivity index (χ2v) is 6.11. The van der Waals surface area contributed by atoms with Crippen LogP contribution in [-0.4, -0.2) is 29.8 Å². The average molecular weight is 393 g/mol. The molecule has 146 valence electrons. The minimum atomic E-state index is -0.820. The second-order valence-electron chi connectivity index (χ2n) is 6.11. The molecule has 1 N–H and O–H groups in total. The summed E-state index contributed by atoms with van der Waals surface area (Å²) >= 11 is 0. The Morgan fingerprint density at radius 3 is 2.79 bits per heavy atom. The number of nitro benzene ring substituents is 1. The van der Waals surface area contributed by atoms with Crippen molar-refractivity contribution in [3.8, 4) is 22.8 Å². The maximum absolute atomic E-state index is 12.2. The molecule has 0 saturated heterocycles. The van der Waals surface area contributed by atoms with Crippen LogP contribution in [0.15, 0.2) is 70.2 Å². The fourth-order valence-corrected chi connectivity index (χ4v) is 2.73. The molecule has 4 rings (SSSR count). The Bertz CT molecular complexity index is 1090. The van der Waals surface area contributed by atoms with Gasteiger partial charge in [0.15, 0.2) is 11.5 Å². The highest BCUT2D eigenvalue weighted by Crippen LogP contribution is 2.30. The first-order valence-corrected chi connectivity index (χ1v) is 8.66. The van der Waals surface area contributed by atoms with E-state index in [2.05, 4.69) is 10.5 Å². The lowest BCUT2D eigenvalue weighted by molar-refractivity contribution is -0.384. The molecule has 3 aromatic rings. The molecule has 2 heterocycles. The molecule has 0 bridgehead atoms. The largest absolute Gasteiger partial charge is 0.485 e. The number of nitrogens with zero attached hydrogens (tertiary/aromatic N) is 2. The van der Waals surface area contributed by atoms with E-state index < -0.39 is 16.9 Å². The van der Waals surface area contributed by atoms with Gasteiger partial charge in [-0.1, -0.05) is 24.3 Å². The minimum absolute atomic E-state index is 0.0299. The molecule has 9 heteroatoms. The van der Waals surface area contributed by atoms with E-state index in [0.717, 1.165) is 0 Å². The van der Waals surface area contributed by atoms with Gasteiger partial charge in [0.1, 0.15) is 18.1 Å². The van der Waals surface area contributed by atoms with Gasteiger partial charge in [0, 0.05) is 17.7 Å². The number of hydrogen-bond donors (Lipinski definition) is 1. The van der Waals surface area contributed by atoms with Gasteiger partial charge in [-0.2, -0.15) is 5.10 Å². The van der Waals surface area contributed by atoms with Gasteiger partial charge in [0.05, 0.1) is 11.1 Å². The average Bonchev–Trinajstić information content (AvgIpc) is 3.22. The number of nitro groups is 1. The van der Waals surface area contributed by atoms with Crippen molar-refractivity contribution in [2.24, 2.45) is 5.10 Å². The van der Waals surface area contributed by atoms with Crippen molar-refractivity contribution < 1.29 is 23.6 Å². The Morgan fingerprint density at radius 1 is 1.14 bits per heavy atom. The van der Waals surface area contributed by atoms with Crippen LogP contribution in [0.2, 0.25) is 0 Å². The van der Waals surface area contributed by atoms with E-state index >= 15 is 0 Å². The molecule has 1 aliphatic heterocycles. The summed E-state index contributed by atoms with van der Waals surface area (Å²) in [6.07, 6.45) is 0.509. The summed E-state index contributed by atoms with van der Waals surface area (Å²) in [6, 6.07) is 16.5. The summed E-state index contributed by atoms with van der Waals surface area (Å²) in [5, 5.41) is 14.8. The van der Waals surface area contributed by atoms with Crippen molar-refractivity contribution in [1.82, 2.24) is 5.43 Å². The van der Waals surface area contributed by atoms with Crippen LogP contribution in [0.4, 0.5) is 5.69 Å². The van der Waals surface area contributed by atoms with Crippen LogP contribution in [0.25, 0.3) is 11.3 Å². The third-order valence-corrected chi connectivity index (χ3v) is 4.14. The van der Waals surface area contributed by atoms with Crippen LogP contribution in [0.3, 0.4) is 0 Å². The topological polar surface area (TPSA) is 116 Å². The Hall–Kier alpha value is -4.14. The normalized spacial score (nSPS) is 15.2. The van der Waals surface area contributed by atoms with Gasteiger partial charge in [-0.05, 0) is 24.3 Å². The molecule has 1 aromatic heterocycles. The van der Waals surface area contributed by atoms with Gasteiger partial charge in [0.25, 0.3) is 11.6 Å². The van der Waals surface area contributed by atoms with Crippen LogP contribution >= 0.6 is 0 Å². The number of carbonyl (C=O) groups excluding carboxylic acids is 1. The number of nitrogens with one attached hydrogen (secondary N) is 1. The predicted molar refractivity (Wildman–Crippen MR) is 103 cm³/mol. The molecule has 1 amide bonds. The molecule has 0 spiro atoms. The fourth-order valence-electron chi connectivity index (χ4n) is 2.73. The maximum atomic E-state index is 12.2. The van der Waals surface area contributed by atoms with Gasteiger partial charge in [-0.15, -0.1) is 0 Å². The Labute approximate surface area is 164 Å². The van der Waals surface area contributed by atoms with E-state index in [4.69, 9.17) is 13.9 Å². The van der Waals surface area contributed by atoms with Crippen LogP contribution in [-0.2, 0) is 4.79 Å². The summed E-state index contributed by atoms with van der Waals surface area (Å²) in [5.74, 6) is 1.45. The van der Waals surface area contributed by atoms with E-state index in [1.54, 1.807) is 42.5 Å². The van der Waals surface area contributed by atoms with E-state index in [1.165, 1.54) is 18.3 Å². The fraction of sp³-hybridized carbons (Fsp3) is 0.100. The quantitative estimate of drug-likeness (QED) is 0.404. The highest BCUT2D eigenvalue weighted by atomic mass is 16.6. The maximum Gasteiger partial charge on any atom is 0.284 e. The molecule has 0 fully saturated rings. The number of hydrogen-bond acceptors (Lipinski definition) is 7. The van der Waals surface area contributed by atoms with Crippen molar-refractivity contribution in [2.45, 2.75) is 6.10 Å². The first-order chi connectivity index (χ1) is 14.1. The first kappa shape index (κ1) is 18.2. The van der Waals surface area contributed by atoms with E-state index in [0.29, 0.717) is 28.6 Å². The minimum Gasteiger partial charge on any atom is -0.485 e. The van der Waals surface area contributed by atoms with Crippen molar-refractivity contribution in [3.63, 3.8) is 0 Å². The van der Waals surface area contributed by atoms with Crippen LogP contribution in [0.1, 0.15) is 5.76 Å². The summed E-state index contributed by atoms with van der Waals surface area (Å²) in [7, 11) is 0. The molecule has 1 atom stereocenters. The van der Waals surface area contributed by atoms with E-state index in [1.807, 2.05) is 6.07 Å². The third kappa shape index (κ3) is 4.08. The van der Waals surface area contributed by atoms with Gasteiger partial charge in [-0.3, -0.25) is 14.9 Å². The predicted octanol–water partition coefficient (Wildman–Crippen LogP) is 3.14. The highest BCUT2D eigenvalue weighted by molar-refractivity contribution is 5.84. The lowest BCUT2D eigenvalue weighted by Gasteiger charge is -2.24. The number of carbonyl (C=O) groups is 1. The number of para-hydroxylation sites is 2. The second kappa shape index (κ2) is 7.85. The zero-order valence-corrected chi connectivity index (χ0v) is 15.0. The van der Waals surface area contributed by atoms with Crippen molar-refractivity contribution in [3.05, 3.63) is 76.5 Å². The Balaban J connectivity index is 1.37. The molecule has 0 aliphatic carbocycles. The number of benzene rings is 2. The number of fused-ring (bicyclic) bond motifs is 1. The van der Waals surface area contributed by atoms with Crippen LogP contribution < -0.4 is 14.9 Å². The lowest BCUT2D eigenvalue weighted by atomic mass is 10.1. The summed E-state index contributed by atoms with van der Waals surface area (Å²) < 4.78 is 16.7. The monoisotopic (exact) mass is 393 g/mol. The lowest BCUT2D eigenvalue weighted by Crippen LogP contribution is -2.42. The molecule has 0 saturated carbocycles. The molecule has 0 radical (unpaired) electrons. The summed E-state index contributed by atoms with van der Waals surface area (Å²) in [5.41, 5.74) is 2.92. The number of furan rings is 1. The molecule has 2 aromatic carbocycles. The summed E-state index contributed by atoms with van der Waals surface area (Å²) in [4.78, 5) is 22.6. The number of amides is 1. The van der Waals surface area contributed by atoms with Crippen molar-refractivity contribution in [2.75, 3.05) is 6.61 Å². The van der Waals surface area contributed by atoms with Crippen molar-refractivity contribution >= 4 is 17.8 Å². The Kier molecular flexibility index (Phi) is 4.93. The number of non-ortho nitro benzene ring substituents is 1. The molecule has 1 aliphatic rings. The van der Waals surface area contributed by atoms with Gasteiger partial charge >= 0.3 is 0 Å². The molecule has 29 heavy (non-hydrogen) atoms. The van der Waals surface area contributed by atoms with Crippen LogP contribution in [0.5, 0.6) is 11.5 Å². The van der Waals surface area contributed by atoms with Crippen LogP contribution in [0, 0.1) is 10.1 Å². The number of hydrazone groups is 1. The van der Waals surface area contributed by atoms with E-state index in [-0.39, 0.29) is 12.3 Å². The highest BCUT2D eigenvalue weighted by Gasteiger charge is 2.27. The molecular weight excluding hydrogens is 378 g/mol. The van der Waals surface area contributed by atoms with Gasteiger partial charge < -0.3 is 13.9 Å². The van der Waals surface area contributed by atoms with Gasteiger partial charge in [0.2, 0.25) is 6.10 Å². The zero-order valence-electron chi connectivity index (χ0n) is 15.0. The molecular formula is C20H15N3O6. The Morgan fingerprint density at radius 2 is 1.97 bits per heavy atom. The molecule has 1 unspecified atom stereocenters. The molecule has 9 nitrogen and oxygen atoms in total.